The quantitative estimate of drug-likeness (QED) is 0.704. The van der Waals surface area contributed by atoms with Gasteiger partial charge in [-0.25, -0.2) is 8.78 Å². The van der Waals surface area contributed by atoms with Gasteiger partial charge in [0.2, 0.25) is 0 Å². The van der Waals surface area contributed by atoms with Crippen molar-refractivity contribution in [2.45, 2.75) is 39.7 Å². The molecule has 2 nitrogen and oxygen atoms in total. The number of carbonyl (C=O) groups excluding carboxylic acids is 1. The monoisotopic (exact) mass is 269 g/mol. The van der Waals surface area contributed by atoms with Gasteiger partial charge in [0.25, 0.3) is 0 Å². The van der Waals surface area contributed by atoms with E-state index in [1.54, 1.807) is 0 Å². The summed E-state index contributed by atoms with van der Waals surface area (Å²) in [5, 5.41) is 0. The van der Waals surface area contributed by atoms with E-state index in [1.807, 2.05) is 6.92 Å². The van der Waals surface area contributed by atoms with Gasteiger partial charge in [0.05, 0.1) is 0 Å². The van der Waals surface area contributed by atoms with Crippen molar-refractivity contribution in [3.63, 3.8) is 0 Å². The lowest BCUT2D eigenvalue weighted by Gasteiger charge is -2.26. The third-order valence-corrected chi connectivity index (χ3v) is 3.43. The molecule has 4 heteroatoms. The Hall–Kier alpha value is -1.29. The maximum absolute atomic E-state index is 13.0. The highest BCUT2D eigenvalue weighted by molar-refractivity contribution is 5.96. The van der Waals surface area contributed by atoms with Gasteiger partial charge in [-0.15, -0.1) is 0 Å². The fourth-order valence-corrected chi connectivity index (χ4v) is 2.05. The van der Waals surface area contributed by atoms with Crippen molar-refractivity contribution in [3.8, 4) is 0 Å². The Morgan fingerprint density at radius 1 is 1.21 bits per heavy atom. The Morgan fingerprint density at radius 2 is 1.79 bits per heavy atom. The number of hydrogen-bond donors (Lipinski definition) is 0. The molecule has 0 aliphatic carbocycles. The summed E-state index contributed by atoms with van der Waals surface area (Å²) >= 11 is 0. The van der Waals surface area contributed by atoms with Crippen LogP contribution in [0.2, 0.25) is 0 Å². The topological polar surface area (TPSA) is 20.3 Å². The summed E-state index contributed by atoms with van der Waals surface area (Å²) in [6.07, 6.45) is 1.29. The first-order valence-corrected chi connectivity index (χ1v) is 6.71. The van der Waals surface area contributed by atoms with Crippen LogP contribution in [0.25, 0.3) is 0 Å². The first-order valence-electron chi connectivity index (χ1n) is 6.71. The summed E-state index contributed by atoms with van der Waals surface area (Å²) in [5.74, 6) is -1.64. The number of halogens is 2. The maximum Gasteiger partial charge on any atom is 0.164 e. The third kappa shape index (κ3) is 4.71. The Kier molecular flexibility index (Phi) is 6.09. The van der Waals surface area contributed by atoms with Gasteiger partial charge < -0.3 is 4.90 Å². The van der Waals surface area contributed by atoms with E-state index >= 15 is 0 Å². The molecule has 0 aliphatic heterocycles. The average molecular weight is 269 g/mol. The predicted octanol–water partition coefficient (Wildman–Crippen LogP) is 3.66. The van der Waals surface area contributed by atoms with Crippen LogP contribution in [0.15, 0.2) is 18.2 Å². The average Bonchev–Trinajstić information content (AvgIpc) is 2.37. The lowest BCUT2D eigenvalue weighted by Crippen LogP contribution is -2.34. The van der Waals surface area contributed by atoms with Crippen LogP contribution in [0.3, 0.4) is 0 Å². The van der Waals surface area contributed by atoms with Crippen molar-refractivity contribution < 1.29 is 13.6 Å². The van der Waals surface area contributed by atoms with E-state index in [0.29, 0.717) is 12.6 Å². The first kappa shape index (κ1) is 15.8. The molecule has 0 saturated heterocycles. The minimum absolute atomic E-state index is 0.109. The molecule has 1 unspecified atom stereocenters. The molecule has 106 valence electrons. The Morgan fingerprint density at radius 3 is 2.26 bits per heavy atom. The molecule has 0 aliphatic rings. The van der Waals surface area contributed by atoms with E-state index in [-0.39, 0.29) is 17.8 Å². The van der Waals surface area contributed by atoms with Gasteiger partial charge in [0.15, 0.2) is 5.78 Å². The van der Waals surface area contributed by atoms with E-state index in [2.05, 4.69) is 18.7 Å². The number of benzene rings is 1. The van der Waals surface area contributed by atoms with Crippen molar-refractivity contribution in [3.05, 3.63) is 35.4 Å². The van der Waals surface area contributed by atoms with Gasteiger partial charge in [0, 0.05) is 30.6 Å². The van der Waals surface area contributed by atoms with Crippen molar-refractivity contribution in [1.82, 2.24) is 4.90 Å². The molecular formula is C15H21F2NO. The fourth-order valence-electron chi connectivity index (χ4n) is 2.05. The van der Waals surface area contributed by atoms with E-state index in [0.717, 1.165) is 31.2 Å². The Labute approximate surface area is 113 Å². The van der Waals surface area contributed by atoms with Crippen LogP contribution in [0.5, 0.6) is 0 Å². The van der Waals surface area contributed by atoms with Crippen molar-refractivity contribution in [2.24, 2.45) is 0 Å². The second-order valence-corrected chi connectivity index (χ2v) is 4.72. The summed E-state index contributed by atoms with van der Waals surface area (Å²) in [4.78, 5) is 14.1. The van der Waals surface area contributed by atoms with Gasteiger partial charge in [-0.3, -0.25) is 4.79 Å². The summed E-state index contributed by atoms with van der Waals surface area (Å²) in [6.45, 7) is 7.72. The zero-order valence-electron chi connectivity index (χ0n) is 11.7. The number of hydrogen-bond acceptors (Lipinski definition) is 2. The predicted molar refractivity (Wildman–Crippen MR) is 72.3 cm³/mol. The van der Waals surface area contributed by atoms with Gasteiger partial charge in [0.1, 0.15) is 11.6 Å². The molecule has 19 heavy (non-hydrogen) atoms. The van der Waals surface area contributed by atoms with E-state index in [4.69, 9.17) is 0 Å². The lowest BCUT2D eigenvalue weighted by molar-refractivity contribution is 0.0953. The van der Waals surface area contributed by atoms with Gasteiger partial charge >= 0.3 is 0 Å². The zero-order chi connectivity index (χ0) is 14.4. The summed E-state index contributed by atoms with van der Waals surface area (Å²) in [6, 6.07) is 3.35. The molecular weight excluding hydrogens is 248 g/mol. The molecule has 0 fully saturated rings. The summed E-state index contributed by atoms with van der Waals surface area (Å²) in [5.41, 5.74) is 0.109. The zero-order valence-corrected chi connectivity index (χ0v) is 11.7. The highest BCUT2D eigenvalue weighted by Gasteiger charge is 2.14. The summed E-state index contributed by atoms with van der Waals surface area (Å²) < 4.78 is 26.1. The van der Waals surface area contributed by atoms with Crippen molar-refractivity contribution in [1.29, 1.82) is 0 Å². The molecule has 1 atom stereocenters. The minimum atomic E-state index is -0.711. The van der Waals surface area contributed by atoms with Crippen LogP contribution in [-0.4, -0.2) is 29.8 Å². The van der Waals surface area contributed by atoms with Crippen LogP contribution in [0.1, 0.15) is 44.0 Å². The van der Waals surface area contributed by atoms with Crippen LogP contribution in [-0.2, 0) is 0 Å². The number of nitrogens with zero attached hydrogens (tertiary/aromatic N) is 1. The molecule has 0 N–H and O–H groups in total. The van der Waals surface area contributed by atoms with Crippen LogP contribution in [0.4, 0.5) is 8.78 Å². The second kappa shape index (κ2) is 7.34. The molecule has 0 saturated carbocycles. The second-order valence-electron chi connectivity index (χ2n) is 4.72. The normalized spacial score (nSPS) is 12.7. The molecule has 0 amide bonds. The van der Waals surface area contributed by atoms with E-state index in [9.17, 15) is 13.6 Å². The van der Waals surface area contributed by atoms with Crippen molar-refractivity contribution in [2.75, 3.05) is 13.1 Å². The van der Waals surface area contributed by atoms with Gasteiger partial charge in [-0.05, 0) is 32.0 Å². The Bertz CT molecular complexity index is 414. The molecule has 0 heterocycles. The number of rotatable bonds is 7. The molecule has 1 aromatic carbocycles. The Balaban J connectivity index is 2.64. The number of ketones is 1. The molecule has 1 rings (SSSR count). The highest BCUT2D eigenvalue weighted by atomic mass is 19.1. The largest absolute Gasteiger partial charge is 0.300 e. The van der Waals surface area contributed by atoms with Crippen molar-refractivity contribution >= 4 is 5.78 Å². The van der Waals surface area contributed by atoms with Crippen LogP contribution < -0.4 is 0 Å². The minimum Gasteiger partial charge on any atom is -0.300 e. The maximum atomic E-state index is 13.0. The summed E-state index contributed by atoms with van der Waals surface area (Å²) in [7, 11) is 0. The van der Waals surface area contributed by atoms with Gasteiger partial charge in [-0.1, -0.05) is 13.8 Å². The van der Waals surface area contributed by atoms with Crippen LogP contribution in [0, 0.1) is 11.6 Å². The van der Waals surface area contributed by atoms with E-state index < -0.39 is 11.6 Å². The third-order valence-electron chi connectivity index (χ3n) is 3.43. The number of Topliss-reactive ketones (excluding diaryl/α,β-unsaturated/α-hetero) is 1. The fraction of sp³-hybridized carbons (Fsp3) is 0.533. The van der Waals surface area contributed by atoms with Gasteiger partial charge in [-0.2, -0.15) is 0 Å². The highest BCUT2D eigenvalue weighted by Crippen LogP contribution is 2.11. The standard InChI is InChI=1S/C15H21F2NO/c1-4-11(3)18(5-2)7-6-15(19)12-8-13(16)10-14(17)9-12/h8-11H,4-7H2,1-3H3. The first-order chi connectivity index (χ1) is 8.97. The van der Waals surface area contributed by atoms with E-state index in [1.165, 1.54) is 0 Å². The molecule has 0 spiro atoms. The van der Waals surface area contributed by atoms with Crippen LogP contribution >= 0.6 is 0 Å². The smallest absolute Gasteiger partial charge is 0.164 e. The lowest BCUT2D eigenvalue weighted by atomic mass is 10.1. The molecule has 0 bridgehead atoms. The number of carbonyl (C=O) groups is 1. The SMILES string of the molecule is CCC(C)N(CC)CCC(=O)c1cc(F)cc(F)c1. The molecule has 0 radical (unpaired) electrons. The molecule has 1 aromatic rings. The molecule has 0 aromatic heterocycles.